The number of nitrogens with one attached hydrogen (secondary N) is 1. The number of amides is 1. The van der Waals surface area contributed by atoms with E-state index in [1.54, 1.807) is 6.07 Å². The molecule has 3 aromatic carbocycles. The van der Waals surface area contributed by atoms with Gasteiger partial charge in [0.05, 0.1) is 23.0 Å². The third-order valence-corrected chi connectivity index (χ3v) is 6.71. The lowest BCUT2D eigenvalue weighted by molar-refractivity contribution is 0.0951. The van der Waals surface area contributed by atoms with Gasteiger partial charge in [0.25, 0.3) is 17.2 Å². The average molecular weight is 579 g/mol. The van der Waals surface area contributed by atoms with Crippen molar-refractivity contribution in [2.45, 2.75) is 13.0 Å². The van der Waals surface area contributed by atoms with Crippen LogP contribution in [0.2, 0.25) is 0 Å². The summed E-state index contributed by atoms with van der Waals surface area (Å²) >= 11 is 1.62. The van der Waals surface area contributed by atoms with Crippen LogP contribution in [0.15, 0.2) is 71.2 Å². The van der Waals surface area contributed by atoms with Gasteiger partial charge in [-0.3, -0.25) is 9.35 Å². The van der Waals surface area contributed by atoms with Gasteiger partial charge in [-0.25, -0.2) is 17.3 Å². The van der Waals surface area contributed by atoms with E-state index in [2.05, 4.69) is 30.0 Å². The molecule has 0 fully saturated rings. The molecule has 1 amide bonds. The molecule has 0 aliphatic carbocycles. The van der Waals surface area contributed by atoms with Crippen molar-refractivity contribution in [2.24, 2.45) is 0 Å². The second kappa shape index (κ2) is 11.1. The Labute approximate surface area is 214 Å². The number of anilines is 2. The highest BCUT2D eigenvalue weighted by Gasteiger charge is 2.27. The minimum Gasteiger partial charge on any atom is -0.348 e. The molecule has 2 N–H and O–H groups in total. The zero-order chi connectivity index (χ0) is 24.9. The zero-order valence-corrected chi connectivity index (χ0v) is 21.0. The van der Waals surface area contributed by atoms with E-state index in [0.717, 1.165) is 33.7 Å². The van der Waals surface area contributed by atoms with Crippen LogP contribution in [0.5, 0.6) is 0 Å². The number of halogens is 3. The quantitative estimate of drug-likeness (QED) is 0.274. The third kappa shape index (κ3) is 5.96. The molecule has 0 aliphatic heterocycles. The number of rotatable bonds is 8. The van der Waals surface area contributed by atoms with E-state index in [4.69, 9.17) is 0 Å². The molecule has 1 atom stereocenters. The summed E-state index contributed by atoms with van der Waals surface area (Å²) in [6.45, 7) is -0.208. The van der Waals surface area contributed by atoms with E-state index >= 15 is 0 Å². The van der Waals surface area contributed by atoms with Crippen LogP contribution in [0.25, 0.3) is 0 Å². The second-order valence-electron chi connectivity index (χ2n) is 7.30. The van der Waals surface area contributed by atoms with Crippen molar-refractivity contribution in [3.8, 4) is 0 Å². The number of benzene rings is 3. The van der Waals surface area contributed by atoms with Crippen molar-refractivity contribution >= 4 is 56.3 Å². The lowest BCUT2D eigenvalue weighted by Gasteiger charge is -2.21. The van der Waals surface area contributed by atoms with E-state index in [1.165, 1.54) is 18.2 Å². The molecule has 4 rings (SSSR count). The van der Waals surface area contributed by atoms with Crippen LogP contribution in [-0.2, 0) is 24.2 Å². The number of hydrogen-bond donors (Lipinski definition) is 2. The van der Waals surface area contributed by atoms with E-state index < -0.39 is 28.8 Å². The third-order valence-electron chi connectivity index (χ3n) is 4.98. The van der Waals surface area contributed by atoms with Crippen LogP contribution in [0.3, 0.4) is 0 Å². The van der Waals surface area contributed by atoms with Gasteiger partial charge in [-0.15, -0.1) is 0 Å². The first-order valence-corrected chi connectivity index (χ1v) is 12.7. The highest BCUT2D eigenvalue weighted by molar-refractivity contribution is 9.10. The van der Waals surface area contributed by atoms with Crippen molar-refractivity contribution in [3.05, 3.63) is 105 Å². The Morgan fingerprint density at radius 2 is 1.86 bits per heavy atom. The summed E-state index contributed by atoms with van der Waals surface area (Å²) in [6.07, 6.45) is 0.361. The largest absolute Gasteiger partial charge is 0.348 e. The minimum atomic E-state index is -2.60. The smallest absolute Gasteiger partial charge is 0.268 e. The van der Waals surface area contributed by atoms with Gasteiger partial charge in [-0.05, 0) is 29.8 Å². The van der Waals surface area contributed by atoms with Gasteiger partial charge >= 0.3 is 0 Å². The molecule has 1 unspecified atom stereocenters. The van der Waals surface area contributed by atoms with Gasteiger partial charge in [-0.1, -0.05) is 52.3 Å². The van der Waals surface area contributed by atoms with Crippen LogP contribution in [0, 0.1) is 11.6 Å². The minimum absolute atomic E-state index is 0.0526. The molecule has 0 bridgehead atoms. The van der Waals surface area contributed by atoms with Crippen LogP contribution >= 0.6 is 27.7 Å². The molecule has 35 heavy (non-hydrogen) atoms. The second-order valence-corrected chi connectivity index (χ2v) is 9.57. The maximum atomic E-state index is 14.0. The van der Waals surface area contributed by atoms with Crippen LogP contribution in [0.4, 0.5) is 20.3 Å². The van der Waals surface area contributed by atoms with Crippen molar-refractivity contribution < 1.29 is 22.3 Å². The molecule has 12 heteroatoms. The van der Waals surface area contributed by atoms with Crippen molar-refractivity contribution in [3.63, 3.8) is 0 Å². The van der Waals surface area contributed by atoms with Gasteiger partial charge in [0.15, 0.2) is 5.82 Å². The van der Waals surface area contributed by atoms with Crippen LogP contribution in [-0.4, -0.2) is 23.4 Å². The number of carbonyl (C=O) groups excluding carboxylic acids is 1. The fraction of sp³-hybridized carbons (Fsp3) is 0.0870. The Balaban J connectivity index is 1.67. The fourth-order valence-corrected chi connectivity index (χ4v) is 4.89. The summed E-state index contributed by atoms with van der Waals surface area (Å²) in [6, 6.07) is 17.0. The number of hydrogen-bond acceptors (Lipinski definition) is 5. The molecule has 180 valence electrons. The summed E-state index contributed by atoms with van der Waals surface area (Å²) in [4.78, 5) is 13.0. The first kappa shape index (κ1) is 25.0. The molecule has 1 heterocycles. The van der Waals surface area contributed by atoms with Gasteiger partial charge in [0, 0.05) is 29.1 Å². The van der Waals surface area contributed by atoms with Gasteiger partial charge < -0.3 is 5.32 Å². The first-order chi connectivity index (χ1) is 16.8. The van der Waals surface area contributed by atoms with E-state index in [-0.39, 0.29) is 29.2 Å². The topological polar surface area (TPSA) is 95.4 Å². The molecule has 0 radical (unpaired) electrons. The van der Waals surface area contributed by atoms with Crippen LogP contribution in [0.1, 0.15) is 27.2 Å². The zero-order valence-electron chi connectivity index (χ0n) is 17.8. The first-order valence-electron chi connectivity index (χ1n) is 10.1. The number of carbonyl (C=O) groups is 1. The Morgan fingerprint density at radius 1 is 1.09 bits per heavy atom. The summed E-state index contributed by atoms with van der Waals surface area (Å²) in [5.41, 5.74) is 1.63. The predicted octanol–water partition coefficient (Wildman–Crippen LogP) is 5.37. The van der Waals surface area contributed by atoms with E-state index in [9.17, 15) is 22.3 Å². The summed E-state index contributed by atoms with van der Waals surface area (Å²) in [7, 11) is 0. The maximum absolute atomic E-state index is 14.0. The summed E-state index contributed by atoms with van der Waals surface area (Å²) < 4.78 is 59.9. The Hall–Kier alpha value is -3.06. The van der Waals surface area contributed by atoms with E-state index in [1.807, 2.05) is 30.3 Å². The Kier molecular flexibility index (Phi) is 7.96. The van der Waals surface area contributed by atoms with E-state index in [0.29, 0.717) is 16.6 Å². The highest BCUT2D eigenvalue weighted by Crippen LogP contribution is 2.34. The highest BCUT2D eigenvalue weighted by atomic mass is 79.9. The van der Waals surface area contributed by atoms with Gasteiger partial charge in [-0.2, -0.15) is 8.75 Å². The monoisotopic (exact) mass is 578 g/mol. The number of nitrogens with zero attached hydrogens (tertiary/aromatic N) is 3. The van der Waals surface area contributed by atoms with Crippen LogP contribution < -0.4 is 9.62 Å². The Bertz CT molecular complexity index is 1390. The molecular weight excluding hydrogens is 562 g/mol. The van der Waals surface area contributed by atoms with Crippen molar-refractivity contribution in [1.82, 2.24) is 14.1 Å². The van der Waals surface area contributed by atoms with Gasteiger partial charge in [0.1, 0.15) is 17.3 Å². The summed E-state index contributed by atoms with van der Waals surface area (Å²) in [5.74, 6) is -2.01. The summed E-state index contributed by atoms with van der Waals surface area (Å²) in [5, 5.41) is 2.57. The molecule has 0 saturated heterocycles. The number of aromatic nitrogens is 2. The average Bonchev–Trinajstić information content (AvgIpc) is 3.26. The Morgan fingerprint density at radius 3 is 2.57 bits per heavy atom. The molecule has 0 spiro atoms. The predicted molar refractivity (Wildman–Crippen MR) is 134 cm³/mol. The molecule has 0 aliphatic rings. The lowest BCUT2D eigenvalue weighted by atomic mass is 10.1. The molecule has 1 aromatic heterocycles. The van der Waals surface area contributed by atoms with Gasteiger partial charge in [0.2, 0.25) is 0 Å². The fourth-order valence-electron chi connectivity index (χ4n) is 3.33. The maximum Gasteiger partial charge on any atom is 0.268 e. The SMILES string of the molecule is O=C(NCc1ccc(F)cc1F)c1ccc(Br)cc1N(c1nsnc1Cc1ccccc1)S(=O)O. The molecule has 7 nitrogen and oxygen atoms in total. The lowest BCUT2D eigenvalue weighted by Crippen LogP contribution is -2.28. The standard InChI is InChI=1S/C23H17BrF2N4O3S2/c24-16-7-9-18(23(31)27-13-15-6-8-17(25)12-19(15)26)21(11-16)30(35(32)33)22-20(28-34-29-22)10-14-4-2-1-3-5-14/h1-9,11-12H,10,13H2,(H,27,31)(H,32,33). The molecular formula is C23H17BrF2N4O3S2. The molecule has 4 aromatic rings. The van der Waals surface area contributed by atoms with Crippen molar-refractivity contribution in [1.29, 1.82) is 0 Å². The van der Waals surface area contributed by atoms with Crippen molar-refractivity contribution in [2.75, 3.05) is 4.31 Å². The molecule has 0 saturated carbocycles. The normalized spacial score (nSPS) is 11.8.